The molecule has 0 saturated carbocycles. The standard InChI is InChI=1S/C22H18Cl3NO2/c1-28-18-8-5-14(6-9-18)22(27)13-21(15-7-10-19(24)20(25)11-15)26-17-4-2-3-16(23)12-17/h2-12,21,26H,13H2,1H3. The fourth-order valence-electron chi connectivity index (χ4n) is 2.84. The van der Waals surface area contributed by atoms with Gasteiger partial charge in [0, 0.05) is 22.7 Å². The van der Waals surface area contributed by atoms with E-state index < -0.39 is 0 Å². The molecule has 0 aliphatic carbocycles. The number of carbonyl (C=O) groups excluding carboxylic acids is 1. The lowest BCUT2D eigenvalue weighted by molar-refractivity contribution is 0.0976. The van der Waals surface area contributed by atoms with E-state index in [1.54, 1.807) is 49.6 Å². The van der Waals surface area contributed by atoms with Crippen LogP contribution >= 0.6 is 34.8 Å². The van der Waals surface area contributed by atoms with E-state index in [-0.39, 0.29) is 18.2 Å². The second kappa shape index (κ2) is 9.33. The highest BCUT2D eigenvalue weighted by molar-refractivity contribution is 6.42. The van der Waals surface area contributed by atoms with Crippen molar-refractivity contribution in [2.24, 2.45) is 0 Å². The third-order valence-corrected chi connectivity index (χ3v) is 5.29. The number of rotatable bonds is 7. The van der Waals surface area contributed by atoms with Gasteiger partial charge < -0.3 is 10.1 Å². The minimum Gasteiger partial charge on any atom is -0.497 e. The molecule has 0 saturated heterocycles. The smallest absolute Gasteiger partial charge is 0.165 e. The van der Waals surface area contributed by atoms with E-state index in [1.807, 2.05) is 24.3 Å². The Morgan fingerprint density at radius 3 is 2.36 bits per heavy atom. The first kappa shape index (κ1) is 20.5. The first-order valence-electron chi connectivity index (χ1n) is 8.60. The molecule has 0 aromatic heterocycles. The number of Topliss-reactive ketones (excluding diaryl/α,β-unsaturated/α-hetero) is 1. The van der Waals surface area contributed by atoms with Gasteiger partial charge in [0.1, 0.15) is 5.75 Å². The van der Waals surface area contributed by atoms with E-state index in [2.05, 4.69) is 5.32 Å². The number of benzene rings is 3. The molecule has 0 fully saturated rings. The van der Waals surface area contributed by atoms with E-state index in [0.717, 1.165) is 11.3 Å². The van der Waals surface area contributed by atoms with Crippen LogP contribution in [-0.2, 0) is 0 Å². The molecule has 3 aromatic carbocycles. The van der Waals surface area contributed by atoms with E-state index in [9.17, 15) is 4.79 Å². The molecule has 144 valence electrons. The summed E-state index contributed by atoms with van der Waals surface area (Å²) in [6.45, 7) is 0. The SMILES string of the molecule is COc1ccc(C(=O)CC(Nc2cccc(Cl)c2)c2ccc(Cl)c(Cl)c2)cc1. The van der Waals surface area contributed by atoms with Crippen molar-refractivity contribution in [2.45, 2.75) is 12.5 Å². The summed E-state index contributed by atoms with van der Waals surface area (Å²) in [5.41, 5.74) is 2.28. The van der Waals surface area contributed by atoms with E-state index >= 15 is 0 Å². The highest BCUT2D eigenvalue weighted by Gasteiger charge is 2.19. The van der Waals surface area contributed by atoms with Gasteiger partial charge in [-0.15, -0.1) is 0 Å². The third kappa shape index (κ3) is 5.20. The lowest BCUT2D eigenvalue weighted by atomic mass is 9.97. The highest BCUT2D eigenvalue weighted by atomic mass is 35.5. The van der Waals surface area contributed by atoms with Crippen LogP contribution in [0.25, 0.3) is 0 Å². The largest absolute Gasteiger partial charge is 0.497 e. The van der Waals surface area contributed by atoms with Gasteiger partial charge in [-0.25, -0.2) is 0 Å². The third-order valence-electron chi connectivity index (χ3n) is 4.31. The van der Waals surface area contributed by atoms with Crippen LogP contribution in [0.2, 0.25) is 15.1 Å². The van der Waals surface area contributed by atoms with Crippen LogP contribution in [0.15, 0.2) is 66.7 Å². The molecular weight excluding hydrogens is 417 g/mol. The van der Waals surface area contributed by atoms with Crippen LogP contribution in [0.3, 0.4) is 0 Å². The van der Waals surface area contributed by atoms with Gasteiger partial charge in [-0.2, -0.15) is 0 Å². The lowest BCUT2D eigenvalue weighted by Gasteiger charge is -2.21. The van der Waals surface area contributed by atoms with Crippen molar-refractivity contribution in [1.82, 2.24) is 0 Å². The molecule has 1 unspecified atom stereocenters. The molecule has 3 rings (SSSR count). The molecule has 0 amide bonds. The Labute approximate surface area is 179 Å². The Hall–Kier alpha value is -2.20. The van der Waals surface area contributed by atoms with E-state index in [4.69, 9.17) is 39.5 Å². The number of halogens is 3. The van der Waals surface area contributed by atoms with Gasteiger partial charge in [-0.1, -0.05) is 46.9 Å². The van der Waals surface area contributed by atoms with Crippen molar-refractivity contribution < 1.29 is 9.53 Å². The van der Waals surface area contributed by atoms with Gasteiger partial charge in [-0.3, -0.25) is 4.79 Å². The zero-order chi connectivity index (χ0) is 20.1. The van der Waals surface area contributed by atoms with Crippen molar-refractivity contribution in [3.8, 4) is 5.75 Å². The fourth-order valence-corrected chi connectivity index (χ4v) is 3.34. The predicted octanol–water partition coefficient (Wildman–Crippen LogP) is 7.08. The minimum absolute atomic E-state index is 0.00625. The quantitative estimate of drug-likeness (QED) is 0.404. The second-order valence-electron chi connectivity index (χ2n) is 6.24. The van der Waals surface area contributed by atoms with Crippen LogP contribution in [0, 0.1) is 0 Å². The minimum atomic E-state index is -0.303. The average molecular weight is 435 g/mol. The molecule has 0 spiro atoms. The van der Waals surface area contributed by atoms with E-state index in [0.29, 0.717) is 26.4 Å². The van der Waals surface area contributed by atoms with Crippen LogP contribution in [0.4, 0.5) is 5.69 Å². The molecule has 28 heavy (non-hydrogen) atoms. The highest BCUT2D eigenvalue weighted by Crippen LogP contribution is 2.31. The molecule has 0 bridgehead atoms. The summed E-state index contributed by atoms with van der Waals surface area (Å²) in [5, 5.41) is 4.89. The molecule has 6 heteroatoms. The van der Waals surface area contributed by atoms with Crippen molar-refractivity contribution >= 4 is 46.3 Å². The summed E-state index contributed by atoms with van der Waals surface area (Å²) >= 11 is 18.3. The zero-order valence-corrected chi connectivity index (χ0v) is 17.4. The van der Waals surface area contributed by atoms with Gasteiger partial charge in [0.2, 0.25) is 0 Å². The molecule has 1 N–H and O–H groups in total. The van der Waals surface area contributed by atoms with Crippen molar-refractivity contribution in [3.63, 3.8) is 0 Å². The zero-order valence-electron chi connectivity index (χ0n) is 15.1. The van der Waals surface area contributed by atoms with Crippen LogP contribution < -0.4 is 10.1 Å². The number of carbonyl (C=O) groups is 1. The molecule has 0 aliphatic heterocycles. The number of ether oxygens (including phenoxy) is 1. The number of nitrogens with one attached hydrogen (secondary N) is 1. The Balaban J connectivity index is 1.88. The summed E-state index contributed by atoms with van der Waals surface area (Å²) in [6.07, 6.45) is 0.233. The van der Waals surface area contributed by atoms with Gasteiger partial charge in [0.05, 0.1) is 23.2 Å². The average Bonchev–Trinajstić information content (AvgIpc) is 2.69. The molecule has 0 heterocycles. The summed E-state index contributed by atoms with van der Waals surface area (Å²) < 4.78 is 5.15. The molecule has 3 nitrogen and oxygen atoms in total. The Morgan fingerprint density at radius 2 is 1.71 bits per heavy atom. The van der Waals surface area contributed by atoms with Crippen LogP contribution in [0.1, 0.15) is 28.4 Å². The first-order valence-corrected chi connectivity index (χ1v) is 9.74. The normalized spacial score (nSPS) is 11.7. The first-order chi connectivity index (χ1) is 13.5. The number of hydrogen-bond donors (Lipinski definition) is 1. The molecular formula is C22H18Cl3NO2. The lowest BCUT2D eigenvalue weighted by Crippen LogP contribution is -2.16. The molecule has 1 atom stereocenters. The van der Waals surface area contributed by atoms with Crippen LogP contribution in [-0.4, -0.2) is 12.9 Å². The fraction of sp³-hybridized carbons (Fsp3) is 0.136. The molecule has 0 aliphatic rings. The number of anilines is 1. The topological polar surface area (TPSA) is 38.3 Å². The number of ketones is 1. The van der Waals surface area contributed by atoms with Crippen molar-refractivity contribution in [2.75, 3.05) is 12.4 Å². The maximum atomic E-state index is 12.9. The van der Waals surface area contributed by atoms with Crippen molar-refractivity contribution in [1.29, 1.82) is 0 Å². The summed E-state index contributed by atoms with van der Waals surface area (Å²) in [7, 11) is 1.59. The second-order valence-corrected chi connectivity index (χ2v) is 7.49. The van der Waals surface area contributed by atoms with Gasteiger partial charge >= 0.3 is 0 Å². The van der Waals surface area contributed by atoms with E-state index in [1.165, 1.54) is 0 Å². The summed E-state index contributed by atoms with van der Waals surface area (Å²) in [5.74, 6) is 0.697. The Bertz CT molecular complexity index is 974. The predicted molar refractivity (Wildman–Crippen MR) is 116 cm³/mol. The van der Waals surface area contributed by atoms with Crippen LogP contribution in [0.5, 0.6) is 5.75 Å². The van der Waals surface area contributed by atoms with Crippen molar-refractivity contribution in [3.05, 3.63) is 92.9 Å². The summed E-state index contributed by atoms with van der Waals surface area (Å²) in [4.78, 5) is 12.9. The van der Waals surface area contributed by atoms with Gasteiger partial charge in [0.15, 0.2) is 5.78 Å². The van der Waals surface area contributed by atoms with Gasteiger partial charge in [0.25, 0.3) is 0 Å². The summed E-state index contributed by atoms with van der Waals surface area (Å²) in [6, 6.07) is 19.5. The maximum absolute atomic E-state index is 12.9. The monoisotopic (exact) mass is 433 g/mol. The Kier molecular flexibility index (Phi) is 6.84. The molecule has 0 radical (unpaired) electrons. The molecule has 3 aromatic rings. The number of methoxy groups -OCH3 is 1. The number of hydrogen-bond acceptors (Lipinski definition) is 3. The maximum Gasteiger partial charge on any atom is 0.165 e. The Morgan fingerprint density at radius 1 is 0.964 bits per heavy atom. The van der Waals surface area contributed by atoms with Gasteiger partial charge in [-0.05, 0) is 60.2 Å².